The zero-order valence-electron chi connectivity index (χ0n) is 6.51. The van der Waals surface area contributed by atoms with Crippen molar-refractivity contribution < 1.29 is 4.42 Å². The fraction of sp³-hybridized carbons (Fsp3) is 0.444. The molecule has 2 rings (SSSR count). The minimum Gasteiger partial charge on any atom is -0.457 e. The van der Waals surface area contributed by atoms with Crippen molar-refractivity contribution in [2.45, 2.75) is 19.3 Å². The molecule has 0 unspecified atom stereocenters. The van der Waals surface area contributed by atoms with E-state index in [1.165, 1.54) is 0 Å². The lowest BCUT2D eigenvalue weighted by molar-refractivity contribution is 0.535. The molecule has 1 aromatic heterocycles. The van der Waals surface area contributed by atoms with E-state index in [0.29, 0.717) is 0 Å². The van der Waals surface area contributed by atoms with Gasteiger partial charge in [0, 0.05) is 0 Å². The van der Waals surface area contributed by atoms with Crippen LogP contribution in [0.5, 0.6) is 0 Å². The number of nitriles is 1. The van der Waals surface area contributed by atoms with E-state index in [4.69, 9.17) is 9.68 Å². The summed E-state index contributed by atoms with van der Waals surface area (Å²) in [6.07, 6.45) is 4.61. The Morgan fingerprint density at radius 1 is 1.67 bits per heavy atom. The molecule has 62 valence electrons. The molecule has 0 spiro atoms. The van der Waals surface area contributed by atoms with Crippen molar-refractivity contribution in [3.8, 4) is 6.07 Å². The Bertz CT molecular complexity index is 333. The fourth-order valence-corrected chi connectivity index (χ4v) is 1.70. The van der Waals surface area contributed by atoms with Crippen molar-refractivity contribution in [2.24, 2.45) is 5.41 Å². The first-order chi connectivity index (χ1) is 5.74. The van der Waals surface area contributed by atoms with Gasteiger partial charge in [0.1, 0.15) is 0 Å². The molecule has 0 aliphatic heterocycles. The van der Waals surface area contributed by atoms with Crippen LogP contribution in [-0.2, 0) is 6.42 Å². The highest BCUT2D eigenvalue weighted by atomic mass is 79.9. The third-order valence-electron chi connectivity index (χ3n) is 2.25. The first-order valence-corrected chi connectivity index (χ1v) is 4.68. The lowest BCUT2D eigenvalue weighted by atomic mass is 10.0. The number of hydrogen-bond donors (Lipinski definition) is 0. The molecule has 0 bridgehead atoms. The van der Waals surface area contributed by atoms with Gasteiger partial charge in [-0.1, -0.05) is 0 Å². The summed E-state index contributed by atoms with van der Waals surface area (Å²) in [5.41, 5.74) is 1.05. The first kappa shape index (κ1) is 7.88. The van der Waals surface area contributed by atoms with E-state index in [-0.39, 0.29) is 5.41 Å². The van der Waals surface area contributed by atoms with Gasteiger partial charge in [-0.05, 0) is 46.8 Å². The SMILES string of the molecule is N#CC1(Cc2coc(Br)c2)CC1. The molecule has 2 nitrogen and oxygen atoms in total. The molecule has 1 heterocycles. The average molecular weight is 226 g/mol. The summed E-state index contributed by atoms with van der Waals surface area (Å²) in [7, 11) is 0. The largest absolute Gasteiger partial charge is 0.457 e. The van der Waals surface area contributed by atoms with Gasteiger partial charge in [-0.3, -0.25) is 0 Å². The van der Waals surface area contributed by atoms with Crippen LogP contribution in [0.25, 0.3) is 0 Å². The summed E-state index contributed by atoms with van der Waals surface area (Å²) < 4.78 is 5.83. The highest BCUT2D eigenvalue weighted by Gasteiger charge is 2.43. The van der Waals surface area contributed by atoms with Crippen LogP contribution in [0.1, 0.15) is 18.4 Å². The average Bonchev–Trinajstić information content (AvgIpc) is 2.71. The van der Waals surface area contributed by atoms with Crippen LogP contribution >= 0.6 is 15.9 Å². The van der Waals surface area contributed by atoms with E-state index in [1.807, 2.05) is 6.07 Å². The van der Waals surface area contributed by atoms with Gasteiger partial charge in [0.2, 0.25) is 0 Å². The van der Waals surface area contributed by atoms with Gasteiger partial charge in [-0.2, -0.15) is 5.26 Å². The molecule has 0 radical (unpaired) electrons. The van der Waals surface area contributed by atoms with Crippen molar-refractivity contribution in [1.29, 1.82) is 5.26 Å². The number of halogens is 1. The van der Waals surface area contributed by atoms with Crippen LogP contribution in [0.2, 0.25) is 0 Å². The number of furan rings is 1. The molecular formula is C9H8BrNO. The second-order valence-electron chi connectivity index (χ2n) is 3.33. The predicted molar refractivity (Wildman–Crippen MR) is 47.4 cm³/mol. The van der Waals surface area contributed by atoms with Gasteiger partial charge < -0.3 is 4.42 Å². The van der Waals surface area contributed by atoms with Crippen LogP contribution in [0.15, 0.2) is 21.4 Å². The Balaban J connectivity index is 2.10. The second kappa shape index (κ2) is 2.63. The Hall–Kier alpha value is -0.750. The molecule has 0 atom stereocenters. The highest BCUT2D eigenvalue weighted by molar-refractivity contribution is 9.10. The van der Waals surface area contributed by atoms with Gasteiger partial charge >= 0.3 is 0 Å². The molecule has 0 N–H and O–H groups in total. The van der Waals surface area contributed by atoms with Gasteiger partial charge in [0.15, 0.2) is 4.67 Å². The number of hydrogen-bond acceptors (Lipinski definition) is 2. The first-order valence-electron chi connectivity index (χ1n) is 3.88. The lowest BCUT2D eigenvalue weighted by Crippen LogP contribution is -1.99. The van der Waals surface area contributed by atoms with Gasteiger partial charge in [0.25, 0.3) is 0 Å². The molecular weight excluding hydrogens is 218 g/mol. The quantitative estimate of drug-likeness (QED) is 0.777. The Morgan fingerprint density at radius 3 is 2.83 bits per heavy atom. The van der Waals surface area contributed by atoms with Crippen molar-refractivity contribution in [1.82, 2.24) is 0 Å². The van der Waals surface area contributed by atoms with E-state index >= 15 is 0 Å². The maximum atomic E-state index is 8.83. The number of nitrogens with zero attached hydrogens (tertiary/aromatic N) is 1. The summed E-state index contributed by atoms with van der Waals surface area (Å²) >= 11 is 3.23. The van der Waals surface area contributed by atoms with E-state index in [2.05, 4.69) is 22.0 Å². The summed E-state index contributed by atoms with van der Waals surface area (Å²) in [4.78, 5) is 0. The van der Waals surface area contributed by atoms with Crippen LogP contribution in [0.3, 0.4) is 0 Å². The van der Waals surface area contributed by atoms with E-state index in [9.17, 15) is 0 Å². The fourth-order valence-electron chi connectivity index (χ4n) is 1.31. The monoisotopic (exact) mass is 225 g/mol. The summed E-state index contributed by atoms with van der Waals surface area (Å²) in [6.45, 7) is 0. The summed E-state index contributed by atoms with van der Waals surface area (Å²) in [5.74, 6) is 0. The third kappa shape index (κ3) is 1.39. The molecule has 0 amide bonds. The molecule has 0 aromatic carbocycles. The molecule has 3 heteroatoms. The normalized spacial score (nSPS) is 18.7. The van der Waals surface area contributed by atoms with E-state index in [0.717, 1.165) is 29.5 Å². The second-order valence-corrected chi connectivity index (χ2v) is 4.11. The lowest BCUT2D eigenvalue weighted by Gasteiger charge is -1.99. The van der Waals surface area contributed by atoms with Crippen LogP contribution in [-0.4, -0.2) is 0 Å². The van der Waals surface area contributed by atoms with Crippen LogP contribution < -0.4 is 0 Å². The Kier molecular flexibility index (Phi) is 1.73. The number of rotatable bonds is 2. The van der Waals surface area contributed by atoms with Crippen molar-refractivity contribution in [3.63, 3.8) is 0 Å². The molecule has 1 fully saturated rings. The van der Waals surface area contributed by atoms with Crippen molar-refractivity contribution in [3.05, 3.63) is 22.6 Å². The zero-order chi connectivity index (χ0) is 8.60. The van der Waals surface area contributed by atoms with Gasteiger partial charge in [0.05, 0.1) is 17.7 Å². The molecule has 1 aliphatic carbocycles. The summed E-state index contributed by atoms with van der Waals surface area (Å²) in [6, 6.07) is 4.28. The minimum atomic E-state index is -0.0662. The molecule has 12 heavy (non-hydrogen) atoms. The zero-order valence-corrected chi connectivity index (χ0v) is 8.10. The predicted octanol–water partition coefficient (Wildman–Crippen LogP) is 2.89. The standard InChI is InChI=1S/C9H8BrNO/c10-8-3-7(5-12-8)4-9(6-11)1-2-9/h3,5H,1-2,4H2. The molecule has 1 aromatic rings. The highest BCUT2D eigenvalue weighted by Crippen LogP contribution is 2.47. The smallest absolute Gasteiger partial charge is 0.169 e. The molecule has 0 saturated heterocycles. The third-order valence-corrected chi connectivity index (χ3v) is 2.67. The Labute approximate surface area is 79.3 Å². The topological polar surface area (TPSA) is 36.9 Å². The van der Waals surface area contributed by atoms with E-state index < -0.39 is 0 Å². The minimum absolute atomic E-state index is 0.0662. The van der Waals surface area contributed by atoms with Gasteiger partial charge in [-0.25, -0.2) is 0 Å². The molecule has 1 saturated carbocycles. The van der Waals surface area contributed by atoms with E-state index in [1.54, 1.807) is 6.26 Å². The summed E-state index contributed by atoms with van der Waals surface area (Å²) in [5, 5.41) is 8.83. The Morgan fingerprint density at radius 2 is 2.42 bits per heavy atom. The maximum Gasteiger partial charge on any atom is 0.169 e. The van der Waals surface area contributed by atoms with Gasteiger partial charge in [-0.15, -0.1) is 0 Å². The van der Waals surface area contributed by atoms with Crippen LogP contribution in [0, 0.1) is 16.7 Å². The molecule has 1 aliphatic rings. The van der Waals surface area contributed by atoms with Crippen molar-refractivity contribution in [2.75, 3.05) is 0 Å². The van der Waals surface area contributed by atoms with Crippen LogP contribution in [0.4, 0.5) is 0 Å². The van der Waals surface area contributed by atoms with Crippen molar-refractivity contribution >= 4 is 15.9 Å². The maximum absolute atomic E-state index is 8.83.